The number of anilines is 1. The third-order valence-electron chi connectivity index (χ3n) is 4.74. The Labute approximate surface area is 145 Å². The molecule has 24 heavy (non-hydrogen) atoms. The van der Waals surface area contributed by atoms with Crippen LogP contribution in [-0.4, -0.2) is 48.8 Å². The van der Waals surface area contributed by atoms with Crippen molar-refractivity contribution in [3.63, 3.8) is 0 Å². The van der Waals surface area contributed by atoms with Gasteiger partial charge in [-0.3, -0.25) is 9.69 Å². The predicted octanol–water partition coefficient (Wildman–Crippen LogP) is 2.82. The highest BCUT2D eigenvalue weighted by molar-refractivity contribution is 5.92. The fourth-order valence-corrected chi connectivity index (χ4v) is 2.99. The van der Waals surface area contributed by atoms with Crippen molar-refractivity contribution >= 4 is 11.6 Å². The molecule has 5 heteroatoms. The molecule has 1 atom stereocenters. The summed E-state index contributed by atoms with van der Waals surface area (Å²) < 4.78 is 5.33. The van der Waals surface area contributed by atoms with Crippen molar-refractivity contribution in [2.24, 2.45) is 5.92 Å². The van der Waals surface area contributed by atoms with E-state index in [4.69, 9.17) is 4.74 Å². The smallest absolute Gasteiger partial charge is 0.227 e. The van der Waals surface area contributed by atoms with Gasteiger partial charge in [0.05, 0.1) is 19.3 Å². The van der Waals surface area contributed by atoms with Gasteiger partial charge in [-0.1, -0.05) is 26.0 Å². The summed E-state index contributed by atoms with van der Waals surface area (Å²) in [5.41, 5.74) is 1.68. The van der Waals surface area contributed by atoms with Crippen LogP contribution < -0.4 is 5.32 Å². The largest absolute Gasteiger partial charge is 0.388 e. The maximum atomic E-state index is 12.1. The molecule has 1 aliphatic heterocycles. The second-order valence-electron chi connectivity index (χ2n) is 6.38. The molecule has 1 saturated heterocycles. The number of amides is 1. The van der Waals surface area contributed by atoms with E-state index in [1.807, 2.05) is 38.1 Å². The molecule has 2 N–H and O–H groups in total. The molecule has 0 saturated carbocycles. The number of aliphatic hydroxyl groups is 1. The number of carbonyl (C=O) groups is 1. The third kappa shape index (κ3) is 5.58. The van der Waals surface area contributed by atoms with Gasteiger partial charge in [0.1, 0.15) is 0 Å². The number of carbonyl (C=O) groups excluding carboxylic acids is 1. The Morgan fingerprint density at radius 1 is 1.21 bits per heavy atom. The zero-order chi connectivity index (χ0) is 17.4. The lowest BCUT2D eigenvalue weighted by Crippen LogP contribution is -2.37. The summed E-state index contributed by atoms with van der Waals surface area (Å²) in [5, 5.41) is 13.3. The van der Waals surface area contributed by atoms with Crippen molar-refractivity contribution in [3.8, 4) is 0 Å². The molecular formula is C19H30N2O3. The Balaban J connectivity index is 1.82. The van der Waals surface area contributed by atoms with Gasteiger partial charge in [-0.15, -0.1) is 0 Å². The minimum Gasteiger partial charge on any atom is -0.388 e. The fraction of sp³-hybridized carbons (Fsp3) is 0.632. The number of nitrogens with zero attached hydrogens (tertiary/aromatic N) is 1. The van der Waals surface area contributed by atoms with Gasteiger partial charge in [-0.25, -0.2) is 0 Å². The van der Waals surface area contributed by atoms with Gasteiger partial charge in [0.15, 0.2) is 0 Å². The minimum atomic E-state index is -0.475. The van der Waals surface area contributed by atoms with Crippen LogP contribution in [0.1, 0.15) is 44.8 Å². The number of morpholine rings is 1. The van der Waals surface area contributed by atoms with E-state index in [0.29, 0.717) is 6.42 Å². The zero-order valence-corrected chi connectivity index (χ0v) is 14.8. The van der Waals surface area contributed by atoms with Gasteiger partial charge in [-0.2, -0.15) is 0 Å². The Morgan fingerprint density at radius 3 is 2.42 bits per heavy atom. The van der Waals surface area contributed by atoms with Gasteiger partial charge in [0.2, 0.25) is 5.91 Å². The van der Waals surface area contributed by atoms with Crippen LogP contribution in [-0.2, 0) is 9.53 Å². The molecule has 1 heterocycles. The highest BCUT2D eigenvalue weighted by Crippen LogP contribution is 2.20. The van der Waals surface area contributed by atoms with Crippen molar-refractivity contribution in [1.29, 1.82) is 0 Å². The maximum Gasteiger partial charge on any atom is 0.227 e. The Hall–Kier alpha value is -1.43. The standard InChI is InChI=1S/C19H30N2O3/c1-3-15(4-2)19(23)20-17-7-5-16(6-8-17)18(22)9-10-21-11-13-24-14-12-21/h5-8,15,18,22H,3-4,9-14H2,1-2H3,(H,20,23). The first kappa shape index (κ1) is 18.9. The van der Waals surface area contributed by atoms with E-state index in [9.17, 15) is 9.90 Å². The summed E-state index contributed by atoms with van der Waals surface area (Å²) in [6.45, 7) is 8.37. The van der Waals surface area contributed by atoms with Crippen molar-refractivity contribution in [2.45, 2.75) is 39.2 Å². The maximum absolute atomic E-state index is 12.1. The van der Waals surface area contributed by atoms with Gasteiger partial charge in [-0.05, 0) is 37.0 Å². The molecule has 1 amide bonds. The summed E-state index contributed by atoms with van der Waals surface area (Å²) >= 11 is 0. The average Bonchev–Trinajstić information content (AvgIpc) is 2.62. The highest BCUT2D eigenvalue weighted by atomic mass is 16.5. The summed E-state index contributed by atoms with van der Waals surface area (Å²) in [6.07, 6.45) is 1.93. The van der Waals surface area contributed by atoms with Crippen LogP contribution in [0.5, 0.6) is 0 Å². The van der Waals surface area contributed by atoms with Crippen molar-refractivity contribution in [3.05, 3.63) is 29.8 Å². The number of benzene rings is 1. The van der Waals surface area contributed by atoms with Crippen LogP contribution in [0.2, 0.25) is 0 Å². The van der Waals surface area contributed by atoms with E-state index in [1.165, 1.54) is 0 Å². The highest BCUT2D eigenvalue weighted by Gasteiger charge is 2.15. The fourth-order valence-electron chi connectivity index (χ4n) is 2.99. The molecular weight excluding hydrogens is 304 g/mol. The number of hydrogen-bond acceptors (Lipinski definition) is 4. The molecule has 1 aromatic rings. The van der Waals surface area contributed by atoms with Gasteiger partial charge < -0.3 is 15.2 Å². The Morgan fingerprint density at radius 2 is 1.83 bits per heavy atom. The zero-order valence-electron chi connectivity index (χ0n) is 14.8. The molecule has 5 nitrogen and oxygen atoms in total. The van der Waals surface area contributed by atoms with Crippen LogP contribution >= 0.6 is 0 Å². The summed E-state index contributed by atoms with van der Waals surface area (Å²) in [5.74, 6) is 0.129. The quantitative estimate of drug-likeness (QED) is 0.767. The van der Waals surface area contributed by atoms with Crippen LogP contribution in [0.3, 0.4) is 0 Å². The minimum absolute atomic E-state index is 0.0591. The normalized spacial score (nSPS) is 17.0. The van der Waals surface area contributed by atoms with Crippen LogP contribution in [0.25, 0.3) is 0 Å². The Bertz CT molecular complexity index is 494. The lowest BCUT2D eigenvalue weighted by molar-refractivity contribution is -0.120. The molecule has 2 rings (SSSR count). The van der Waals surface area contributed by atoms with E-state index in [1.54, 1.807) is 0 Å². The molecule has 0 radical (unpaired) electrons. The SMILES string of the molecule is CCC(CC)C(=O)Nc1ccc(C(O)CCN2CCOCC2)cc1. The summed E-state index contributed by atoms with van der Waals surface area (Å²) in [6, 6.07) is 7.53. The van der Waals surface area contributed by atoms with E-state index < -0.39 is 6.10 Å². The monoisotopic (exact) mass is 334 g/mol. The van der Waals surface area contributed by atoms with E-state index in [0.717, 1.165) is 56.9 Å². The number of ether oxygens (including phenoxy) is 1. The molecule has 1 aliphatic rings. The first-order valence-electron chi connectivity index (χ1n) is 9.03. The molecule has 1 aromatic carbocycles. The number of rotatable bonds is 8. The van der Waals surface area contributed by atoms with Gasteiger partial charge in [0.25, 0.3) is 0 Å². The topological polar surface area (TPSA) is 61.8 Å². The van der Waals surface area contributed by atoms with Crippen LogP contribution in [0, 0.1) is 5.92 Å². The van der Waals surface area contributed by atoms with Crippen LogP contribution in [0.4, 0.5) is 5.69 Å². The number of aliphatic hydroxyl groups excluding tert-OH is 1. The van der Waals surface area contributed by atoms with E-state index >= 15 is 0 Å². The lowest BCUT2D eigenvalue weighted by atomic mass is 10.0. The number of nitrogens with one attached hydrogen (secondary N) is 1. The average molecular weight is 334 g/mol. The van der Waals surface area contributed by atoms with E-state index in [2.05, 4.69) is 10.2 Å². The van der Waals surface area contributed by atoms with Crippen molar-refractivity contribution in [1.82, 2.24) is 4.90 Å². The van der Waals surface area contributed by atoms with Crippen molar-refractivity contribution < 1.29 is 14.6 Å². The summed E-state index contributed by atoms with van der Waals surface area (Å²) in [7, 11) is 0. The molecule has 0 aliphatic carbocycles. The molecule has 0 bridgehead atoms. The molecule has 0 spiro atoms. The first-order chi connectivity index (χ1) is 11.6. The van der Waals surface area contributed by atoms with Crippen LogP contribution in [0.15, 0.2) is 24.3 Å². The third-order valence-corrected chi connectivity index (χ3v) is 4.74. The first-order valence-corrected chi connectivity index (χ1v) is 9.03. The Kier molecular flexibility index (Phi) is 7.69. The summed E-state index contributed by atoms with van der Waals surface area (Å²) in [4.78, 5) is 14.4. The molecule has 1 unspecified atom stereocenters. The second kappa shape index (κ2) is 9.77. The van der Waals surface area contributed by atoms with Gasteiger partial charge >= 0.3 is 0 Å². The molecule has 1 fully saturated rings. The predicted molar refractivity (Wildman–Crippen MR) is 96.0 cm³/mol. The molecule has 0 aromatic heterocycles. The van der Waals surface area contributed by atoms with Gasteiger partial charge in [0, 0.05) is 31.2 Å². The van der Waals surface area contributed by atoms with Crippen molar-refractivity contribution in [2.75, 3.05) is 38.2 Å². The number of hydrogen-bond donors (Lipinski definition) is 2. The lowest BCUT2D eigenvalue weighted by Gasteiger charge is -2.27. The second-order valence-corrected chi connectivity index (χ2v) is 6.38. The molecule has 134 valence electrons. The van der Waals surface area contributed by atoms with E-state index in [-0.39, 0.29) is 11.8 Å².